The van der Waals surface area contributed by atoms with Gasteiger partial charge in [-0.2, -0.15) is 5.26 Å². The lowest BCUT2D eigenvalue weighted by Gasteiger charge is -2.32. The molecule has 0 unspecified atom stereocenters. The fourth-order valence-electron chi connectivity index (χ4n) is 1.94. The van der Waals surface area contributed by atoms with E-state index in [0.717, 1.165) is 36.1 Å². The lowest BCUT2D eigenvalue weighted by atomic mass is 10.1. The molecule has 1 aliphatic rings. The summed E-state index contributed by atoms with van der Waals surface area (Å²) in [6, 6.07) is 7.73. The summed E-state index contributed by atoms with van der Waals surface area (Å²) in [6.45, 7) is 1.73. The number of benzene rings is 1. The zero-order valence-corrected chi connectivity index (χ0v) is 10.4. The molecular weight excluding hydrogens is 268 g/mol. The van der Waals surface area contributed by atoms with Crippen molar-refractivity contribution in [3.8, 4) is 6.07 Å². The van der Waals surface area contributed by atoms with Crippen LogP contribution in [0.3, 0.4) is 0 Å². The first-order valence-corrected chi connectivity index (χ1v) is 6.12. The highest BCUT2D eigenvalue weighted by Gasteiger charge is 2.18. The van der Waals surface area contributed by atoms with E-state index < -0.39 is 0 Å². The number of nitrogens with zero attached hydrogens (tertiary/aromatic N) is 2. The Morgan fingerprint density at radius 3 is 2.62 bits per heavy atom. The van der Waals surface area contributed by atoms with E-state index in [1.54, 1.807) is 0 Å². The standard InChI is InChI=1S/C12H13BrN2O/c13-11-7-9(8-14)1-2-12(11)15-5-3-10(16)4-6-15/h1-2,7,10,16H,3-6H2. The van der Waals surface area contributed by atoms with Crippen molar-refractivity contribution in [2.45, 2.75) is 18.9 Å². The van der Waals surface area contributed by atoms with Gasteiger partial charge in [0.05, 0.1) is 23.4 Å². The lowest BCUT2D eigenvalue weighted by molar-refractivity contribution is 0.145. The second-order valence-corrected chi connectivity index (χ2v) is 4.85. The number of piperidine rings is 1. The summed E-state index contributed by atoms with van der Waals surface area (Å²) in [4.78, 5) is 2.23. The first kappa shape index (κ1) is 11.4. The molecule has 0 atom stereocenters. The largest absolute Gasteiger partial charge is 0.393 e. The van der Waals surface area contributed by atoms with Crippen molar-refractivity contribution in [2.75, 3.05) is 18.0 Å². The number of aliphatic hydroxyl groups is 1. The number of halogens is 1. The van der Waals surface area contributed by atoms with E-state index in [4.69, 9.17) is 5.26 Å². The summed E-state index contributed by atoms with van der Waals surface area (Å²) in [5, 5.41) is 18.2. The molecule has 1 saturated heterocycles. The molecule has 4 heteroatoms. The van der Waals surface area contributed by atoms with Crippen LogP contribution in [0.4, 0.5) is 5.69 Å². The third kappa shape index (κ3) is 2.37. The quantitative estimate of drug-likeness (QED) is 0.859. The number of aliphatic hydroxyl groups excluding tert-OH is 1. The molecule has 16 heavy (non-hydrogen) atoms. The normalized spacial score (nSPS) is 17.2. The fraction of sp³-hybridized carbons (Fsp3) is 0.417. The summed E-state index contributed by atoms with van der Waals surface area (Å²) in [6.07, 6.45) is 1.47. The highest BCUT2D eigenvalue weighted by molar-refractivity contribution is 9.10. The molecule has 0 spiro atoms. The maximum Gasteiger partial charge on any atom is 0.0992 e. The van der Waals surface area contributed by atoms with Crippen LogP contribution in [0, 0.1) is 11.3 Å². The number of anilines is 1. The van der Waals surface area contributed by atoms with Gasteiger partial charge in [-0.25, -0.2) is 0 Å². The van der Waals surface area contributed by atoms with Crippen molar-refractivity contribution in [1.29, 1.82) is 5.26 Å². The number of nitriles is 1. The van der Waals surface area contributed by atoms with Crippen LogP contribution in [-0.4, -0.2) is 24.3 Å². The minimum atomic E-state index is -0.159. The molecule has 84 valence electrons. The van der Waals surface area contributed by atoms with Crippen LogP contribution in [-0.2, 0) is 0 Å². The maximum absolute atomic E-state index is 9.44. The summed E-state index contributed by atoms with van der Waals surface area (Å²) < 4.78 is 0.947. The summed E-state index contributed by atoms with van der Waals surface area (Å²) in [5.41, 5.74) is 1.76. The van der Waals surface area contributed by atoms with E-state index in [2.05, 4.69) is 26.9 Å². The van der Waals surface area contributed by atoms with Gasteiger partial charge in [0, 0.05) is 17.6 Å². The van der Waals surface area contributed by atoms with Crippen molar-refractivity contribution in [3.05, 3.63) is 28.2 Å². The second kappa shape index (κ2) is 4.86. The van der Waals surface area contributed by atoms with Crippen molar-refractivity contribution >= 4 is 21.6 Å². The van der Waals surface area contributed by atoms with Gasteiger partial charge in [0.1, 0.15) is 0 Å². The molecule has 0 aromatic heterocycles. The SMILES string of the molecule is N#Cc1ccc(N2CCC(O)CC2)c(Br)c1. The predicted octanol–water partition coefficient (Wildman–Crippen LogP) is 2.28. The van der Waals surface area contributed by atoms with Gasteiger partial charge in [0.2, 0.25) is 0 Å². The molecule has 1 N–H and O–H groups in total. The van der Waals surface area contributed by atoms with Gasteiger partial charge in [-0.1, -0.05) is 0 Å². The highest BCUT2D eigenvalue weighted by atomic mass is 79.9. The Morgan fingerprint density at radius 2 is 2.06 bits per heavy atom. The first-order valence-electron chi connectivity index (χ1n) is 5.33. The minimum absolute atomic E-state index is 0.159. The molecule has 1 aromatic carbocycles. The van der Waals surface area contributed by atoms with Gasteiger partial charge >= 0.3 is 0 Å². The predicted molar refractivity (Wildman–Crippen MR) is 66.3 cm³/mol. The van der Waals surface area contributed by atoms with Crippen LogP contribution in [0.15, 0.2) is 22.7 Å². The minimum Gasteiger partial charge on any atom is -0.393 e. The maximum atomic E-state index is 9.44. The molecule has 0 amide bonds. The number of rotatable bonds is 1. The lowest BCUT2D eigenvalue weighted by Crippen LogP contribution is -2.35. The average molecular weight is 281 g/mol. The van der Waals surface area contributed by atoms with Crippen molar-refractivity contribution < 1.29 is 5.11 Å². The van der Waals surface area contributed by atoms with E-state index in [-0.39, 0.29) is 6.10 Å². The van der Waals surface area contributed by atoms with Crippen LogP contribution >= 0.6 is 15.9 Å². The van der Waals surface area contributed by atoms with Gasteiger partial charge in [0.15, 0.2) is 0 Å². The molecule has 0 saturated carbocycles. The number of hydrogen-bond donors (Lipinski definition) is 1. The smallest absolute Gasteiger partial charge is 0.0992 e. The van der Waals surface area contributed by atoms with Gasteiger partial charge in [-0.3, -0.25) is 0 Å². The third-order valence-electron chi connectivity index (χ3n) is 2.88. The van der Waals surface area contributed by atoms with E-state index in [9.17, 15) is 5.11 Å². The molecule has 1 aromatic rings. The van der Waals surface area contributed by atoms with Crippen molar-refractivity contribution in [3.63, 3.8) is 0 Å². The van der Waals surface area contributed by atoms with Crippen LogP contribution < -0.4 is 4.90 Å². The second-order valence-electron chi connectivity index (χ2n) is 4.00. The Labute approximate surface area is 103 Å². The molecule has 0 bridgehead atoms. The zero-order chi connectivity index (χ0) is 11.5. The fourth-order valence-corrected chi connectivity index (χ4v) is 2.57. The molecule has 0 aliphatic carbocycles. The molecule has 0 radical (unpaired) electrons. The van der Waals surface area contributed by atoms with Gasteiger partial charge in [-0.05, 0) is 47.0 Å². The van der Waals surface area contributed by atoms with Crippen molar-refractivity contribution in [2.24, 2.45) is 0 Å². The first-order chi connectivity index (χ1) is 7.70. The van der Waals surface area contributed by atoms with Crippen LogP contribution in [0.1, 0.15) is 18.4 Å². The van der Waals surface area contributed by atoms with Crippen LogP contribution in [0.5, 0.6) is 0 Å². The molecule has 3 nitrogen and oxygen atoms in total. The highest BCUT2D eigenvalue weighted by Crippen LogP contribution is 2.29. The van der Waals surface area contributed by atoms with E-state index >= 15 is 0 Å². The molecule has 1 fully saturated rings. The van der Waals surface area contributed by atoms with Gasteiger partial charge < -0.3 is 10.0 Å². The Balaban J connectivity index is 2.18. The van der Waals surface area contributed by atoms with E-state index in [1.165, 1.54) is 0 Å². The van der Waals surface area contributed by atoms with E-state index in [1.807, 2.05) is 18.2 Å². The topological polar surface area (TPSA) is 47.3 Å². The van der Waals surface area contributed by atoms with Crippen molar-refractivity contribution in [1.82, 2.24) is 0 Å². The average Bonchev–Trinajstić information content (AvgIpc) is 2.30. The van der Waals surface area contributed by atoms with Gasteiger partial charge in [-0.15, -0.1) is 0 Å². The Bertz CT molecular complexity index is 420. The van der Waals surface area contributed by atoms with Crippen LogP contribution in [0.25, 0.3) is 0 Å². The van der Waals surface area contributed by atoms with Crippen LogP contribution in [0.2, 0.25) is 0 Å². The molecule has 2 rings (SSSR count). The van der Waals surface area contributed by atoms with Gasteiger partial charge in [0.25, 0.3) is 0 Å². The molecule has 1 heterocycles. The summed E-state index contributed by atoms with van der Waals surface area (Å²) in [7, 11) is 0. The summed E-state index contributed by atoms with van der Waals surface area (Å²) >= 11 is 3.48. The van der Waals surface area contributed by atoms with E-state index in [0.29, 0.717) is 5.56 Å². The number of hydrogen-bond acceptors (Lipinski definition) is 3. The monoisotopic (exact) mass is 280 g/mol. The zero-order valence-electron chi connectivity index (χ0n) is 8.86. The molecule has 1 aliphatic heterocycles. The third-order valence-corrected chi connectivity index (χ3v) is 3.52. The summed E-state index contributed by atoms with van der Waals surface area (Å²) in [5.74, 6) is 0. The Morgan fingerprint density at radius 1 is 1.38 bits per heavy atom. The Hall–Kier alpha value is -1.05. The molecular formula is C12H13BrN2O. The Kier molecular flexibility index (Phi) is 3.47.